The van der Waals surface area contributed by atoms with Gasteiger partial charge in [-0.1, -0.05) is 19.1 Å². The molecule has 0 saturated heterocycles. The average Bonchev–Trinajstić information content (AvgIpc) is 2.38. The molecule has 0 fully saturated rings. The van der Waals surface area contributed by atoms with Gasteiger partial charge in [-0.05, 0) is 37.0 Å². The van der Waals surface area contributed by atoms with Crippen molar-refractivity contribution in [1.29, 1.82) is 0 Å². The fraction of sp³-hybridized carbons (Fsp3) is 0.533. The van der Waals surface area contributed by atoms with Crippen molar-refractivity contribution < 1.29 is 9.53 Å². The zero-order chi connectivity index (χ0) is 14.4. The molecular formula is C15H24N2O2. The highest BCUT2D eigenvalue weighted by Gasteiger charge is 2.15. The van der Waals surface area contributed by atoms with E-state index >= 15 is 0 Å². The van der Waals surface area contributed by atoms with Gasteiger partial charge in [-0.15, -0.1) is 0 Å². The highest BCUT2D eigenvalue weighted by atomic mass is 16.5. The Hall–Kier alpha value is -1.55. The first-order chi connectivity index (χ1) is 8.93. The van der Waals surface area contributed by atoms with E-state index in [1.165, 1.54) is 5.56 Å². The lowest BCUT2D eigenvalue weighted by molar-refractivity contribution is -0.131. The molecule has 19 heavy (non-hydrogen) atoms. The lowest BCUT2D eigenvalue weighted by atomic mass is 10.0. The van der Waals surface area contributed by atoms with Crippen molar-refractivity contribution in [2.75, 3.05) is 20.7 Å². The molecule has 0 aliphatic rings. The first-order valence-electron chi connectivity index (χ1n) is 6.57. The summed E-state index contributed by atoms with van der Waals surface area (Å²) in [6.07, 6.45) is 0.931. The number of hydrogen-bond donors (Lipinski definition) is 1. The van der Waals surface area contributed by atoms with Crippen molar-refractivity contribution in [3.05, 3.63) is 29.8 Å². The minimum absolute atomic E-state index is 0.0124. The molecule has 4 heteroatoms. The fourth-order valence-electron chi connectivity index (χ4n) is 2.13. The van der Waals surface area contributed by atoms with Crippen molar-refractivity contribution in [3.8, 4) is 5.75 Å². The van der Waals surface area contributed by atoms with Crippen molar-refractivity contribution in [2.24, 2.45) is 11.7 Å². The molecule has 0 unspecified atom stereocenters. The highest BCUT2D eigenvalue weighted by Crippen LogP contribution is 2.15. The van der Waals surface area contributed by atoms with E-state index in [0.29, 0.717) is 12.5 Å². The Morgan fingerprint density at radius 2 is 1.89 bits per heavy atom. The van der Waals surface area contributed by atoms with Gasteiger partial charge in [-0.3, -0.25) is 4.79 Å². The minimum atomic E-state index is -0.432. The van der Waals surface area contributed by atoms with Gasteiger partial charge in [0.05, 0.1) is 13.2 Å². The van der Waals surface area contributed by atoms with Gasteiger partial charge in [-0.25, -0.2) is 0 Å². The molecule has 106 valence electrons. The van der Waals surface area contributed by atoms with Crippen molar-refractivity contribution in [1.82, 2.24) is 4.90 Å². The van der Waals surface area contributed by atoms with Crippen LogP contribution in [0.5, 0.6) is 5.75 Å². The summed E-state index contributed by atoms with van der Waals surface area (Å²) < 4.78 is 5.13. The van der Waals surface area contributed by atoms with Gasteiger partial charge in [0, 0.05) is 13.6 Å². The number of hydrogen-bond acceptors (Lipinski definition) is 3. The summed E-state index contributed by atoms with van der Waals surface area (Å²) in [4.78, 5) is 13.4. The number of methoxy groups -OCH3 is 1. The van der Waals surface area contributed by atoms with E-state index in [-0.39, 0.29) is 5.91 Å². The smallest absolute Gasteiger partial charge is 0.238 e. The van der Waals surface area contributed by atoms with Crippen LogP contribution >= 0.6 is 0 Å². The van der Waals surface area contributed by atoms with Crippen LogP contribution < -0.4 is 10.5 Å². The van der Waals surface area contributed by atoms with E-state index in [1.807, 2.05) is 12.1 Å². The average molecular weight is 264 g/mol. The lowest BCUT2D eigenvalue weighted by Crippen LogP contribution is -2.41. The summed E-state index contributed by atoms with van der Waals surface area (Å²) in [5.74, 6) is 1.24. The van der Waals surface area contributed by atoms with E-state index in [1.54, 1.807) is 26.0 Å². The Labute approximate surface area is 115 Å². The fourth-order valence-corrected chi connectivity index (χ4v) is 2.13. The second kappa shape index (κ2) is 7.14. The van der Waals surface area contributed by atoms with Crippen molar-refractivity contribution in [3.63, 3.8) is 0 Å². The lowest BCUT2D eigenvalue weighted by Gasteiger charge is -2.23. The zero-order valence-electron chi connectivity index (χ0n) is 12.2. The molecule has 2 N–H and O–H groups in total. The predicted molar refractivity (Wildman–Crippen MR) is 77.1 cm³/mol. The molecule has 0 bridgehead atoms. The van der Waals surface area contributed by atoms with Crippen LogP contribution in [0.1, 0.15) is 19.4 Å². The van der Waals surface area contributed by atoms with Gasteiger partial charge < -0.3 is 15.4 Å². The molecule has 0 radical (unpaired) electrons. The SMILES string of the molecule is COc1ccc(C[C@H](C)CN(C)C(=O)[C@H](C)N)cc1. The maximum Gasteiger partial charge on any atom is 0.238 e. The quantitative estimate of drug-likeness (QED) is 0.850. The third-order valence-corrected chi connectivity index (χ3v) is 3.09. The molecule has 0 aliphatic carbocycles. The number of benzene rings is 1. The molecule has 1 aromatic carbocycles. The van der Waals surface area contributed by atoms with Crippen LogP contribution in [0.3, 0.4) is 0 Å². The third-order valence-electron chi connectivity index (χ3n) is 3.09. The van der Waals surface area contributed by atoms with Crippen molar-refractivity contribution >= 4 is 5.91 Å². The molecule has 1 rings (SSSR count). The Morgan fingerprint density at radius 1 is 1.32 bits per heavy atom. The summed E-state index contributed by atoms with van der Waals surface area (Å²) in [6, 6.07) is 7.60. The summed E-state index contributed by atoms with van der Waals surface area (Å²) >= 11 is 0. The molecule has 1 aromatic rings. The Bertz CT molecular complexity index is 401. The van der Waals surface area contributed by atoms with E-state index in [9.17, 15) is 4.79 Å². The molecule has 2 atom stereocenters. The van der Waals surface area contributed by atoms with Gasteiger partial charge >= 0.3 is 0 Å². The monoisotopic (exact) mass is 264 g/mol. The van der Waals surface area contributed by atoms with Crippen LogP contribution in [0, 0.1) is 5.92 Å². The first kappa shape index (κ1) is 15.5. The van der Waals surface area contributed by atoms with E-state index in [0.717, 1.165) is 12.2 Å². The third kappa shape index (κ3) is 4.91. The number of rotatable bonds is 6. The van der Waals surface area contributed by atoms with Gasteiger partial charge in [0.2, 0.25) is 5.91 Å². The number of ether oxygens (including phenoxy) is 1. The second-order valence-electron chi connectivity index (χ2n) is 5.16. The Morgan fingerprint density at radius 3 is 2.37 bits per heavy atom. The summed E-state index contributed by atoms with van der Waals surface area (Å²) in [7, 11) is 3.46. The van der Waals surface area contributed by atoms with Gasteiger partial charge in [0.15, 0.2) is 0 Å². The van der Waals surface area contributed by atoms with Crippen LogP contribution in [0.4, 0.5) is 0 Å². The van der Waals surface area contributed by atoms with Gasteiger partial charge in [0.1, 0.15) is 5.75 Å². The largest absolute Gasteiger partial charge is 0.497 e. The van der Waals surface area contributed by atoms with Crippen LogP contribution in [0.15, 0.2) is 24.3 Å². The highest BCUT2D eigenvalue weighted by molar-refractivity contribution is 5.80. The molecule has 0 saturated carbocycles. The van der Waals surface area contributed by atoms with Crippen LogP contribution in [-0.4, -0.2) is 37.6 Å². The molecule has 1 amide bonds. The topological polar surface area (TPSA) is 55.6 Å². The number of amides is 1. The van der Waals surface area contributed by atoms with Gasteiger partial charge in [-0.2, -0.15) is 0 Å². The van der Waals surface area contributed by atoms with Crippen LogP contribution in [-0.2, 0) is 11.2 Å². The number of nitrogens with two attached hydrogens (primary N) is 1. The Balaban J connectivity index is 2.50. The molecule has 0 heterocycles. The minimum Gasteiger partial charge on any atom is -0.497 e. The van der Waals surface area contributed by atoms with Gasteiger partial charge in [0.25, 0.3) is 0 Å². The maximum atomic E-state index is 11.7. The summed E-state index contributed by atoms with van der Waals surface area (Å²) in [5, 5.41) is 0. The molecule has 0 aliphatic heterocycles. The van der Waals surface area contributed by atoms with Crippen LogP contribution in [0.2, 0.25) is 0 Å². The summed E-state index contributed by atoms with van der Waals surface area (Å²) in [5.41, 5.74) is 6.84. The van der Waals surface area contributed by atoms with E-state index in [2.05, 4.69) is 19.1 Å². The number of carbonyl (C=O) groups is 1. The second-order valence-corrected chi connectivity index (χ2v) is 5.16. The molecular weight excluding hydrogens is 240 g/mol. The van der Waals surface area contributed by atoms with E-state index < -0.39 is 6.04 Å². The molecule has 0 aromatic heterocycles. The zero-order valence-corrected chi connectivity index (χ0v) is 12.2. The maximum absolute atomic E-state index is 11.7. The number of carbonyl (C=O) groups excluding carboxylic acids is 1. The summed E-state index contributed by atoms with van der Waals surface area (Å²) in [6.45, 7) is 4.56. The predicted octanol–water partition coefficient (Wildman–Crippen LogP) is 1.68. The first-order valence-corrected chi connectivity index (χ1v) is 6.57. The standard InChI is InChI=1S/C15H24N2O2/c1-11(10-17(3)15(18)12(2)16)9-13-5-7-14(19-4)8-6-13/h5-8,11-12H,9-10,16H2,1-4H3/t11-,12-/m0/s1. The normalized spacial score (nSPS) is 13.7. The van der Waals surface area contributed by atoms with E-state index in [4.69, 9.17) is 10.5 Å². The molecule has 4 nitrogen and oxygen atoms in total. The van der Waals surface area contributed by atoms with Crippen molar-refractivity contribution in [2.45, 2.75) is 26.3 Å². The number of nitrogens with zero attached hydrogens (tertiary/aromatic N) is 1. The van der Waals surface area contributed by atoms with Crippen LogP contribution in [0.25, 0.3) is 0 Å². The Kier molecular flexibility index (Phi) is 5.83. The molecule has 0 spiro atoms. The number of likely N-dealkylation sites (N-methyl/N-ethyl adjacent to an activating group) is 1.